The van der Waals surface area contributed by atoms with Gasteiger partial charge in [-0.2, -0.15) is 0 Å². The van der Waals surface area contributed by atoms with Gasteiger partial charge in [0.05, 0.1) is 6.61 Å². The molecule has 0 aliphatic rings. The van der Waals surface area contributed by atoms with Crippen LogP contribution in [0, 0.1) is 5.92 Å². The first-order valence-electron chi connectivity index (χ1n) is 6.72. The maximum atomic E-state index is 10.5. The second kappa shape index (κ2) is 8.89. The summed E-state index contributed by atoms with van der Waals surface area (Å²) < 4.78 is 5.15. The fraction of sp³-hybridized carbons (Fsp3) is 0.533. The Morgan fingerprint density at radius 1 is 1.50 bits per heavy atom. The van der Waals surface area contributed by atoms with Crippen LogP contribution in [0.25, 0.3) is 6.08 Å². The highest BCUT2D eigenvalue weighted by atomic mass is 32.1. The zero-order valence-electron chi connectivity index (χ0n) is 12.3. The van der Waals surface area contributed by atoms with E-state index >= 15 is 0 Å². The standard InChI is InChI=1S/C15H23NO3S/c1-12(2)10-16(8-9-19-3)11-14-5-4-13(20-14)6-7-15(17)18/h4-7,12H,8-11H2,1-3H3,(H,17,18). The van der Waals surface area contributed by atoms with E-state index in [1.807, 2.05) is 6.07 Å². The van der Waals surface area contributed by atoms with Gasteiger partial charge in [-0.25, -0.2) is 4.79 Å². The molecule has 0 spiro atoms. The molecular weight excluding hydrogens is 274 g/mol. The Hall–Kier alpha value is -1.17. The number of ether oxygens (including phenoxy) is 1. The number of hydrogen-bond acceptors (Lipinski definition) is 4. The van der Waals surface area contributed by atoms with E-state index in [4.69, 9.17) is 9.84 Å². The first-order valence-corrected chi connectivity index (χ1v) is 7.54. The van der Waals surface area contributed by atoms with E-state index in [-0.39, 0.29) is 0 Å². The molecule has 0 aliphatic heterocycles. The number of methoxy groups -OCH3 is 1. The maximum absolute atomic E-state index is 10.5. The number of carboxylic acids is 1. The number of carbonyl (C=O) groups is 1. The smallest absolute Gasteiger partial charge is 0.328 e. The third-order valence-corrected chi connectivity index (χ3v) is 3.72. The van der Waals surface area contributed by atoms with Gasteiger partial charge in [-0.1, -0.05) is 13.8 Å². The molecule has 0 radical (unpaired) electrons. The molecule has 1 rings (SSSR count). The van der Waals surface area contributed by atoms with Crippen molar-refractivity contribution in [2.75, 3.05) is 26.8 Å². The molecule has 0 aliphatic carbocycles. The van der Waals surface area contributed by atoms with Crippen LogP contribution in [0.15, 0.2) is 18.2 Å². The fourth-order valence-corrected chi connectivity index (χ4v) is 2.87. The summed E-state index contributed by atoms with van der Waals surface area (Å²) in [7, 11) is 1.72. The van der Waals surface area contributed by atoms with Crippen molar-refractivity contribution in [3.8, 4) is 0 Å². The van der Waals surface area contributed by atoms with Crippen molar-refractivity contribution in [3.63, 3.8) is 0 Å². The van der Waals surface area contributed by atoms with Crippen molar-refractivity contribution in [3.05, 3.63) is 28.0 Å². The molecule has 0 saturated heterocycles. The van der Waals surface area contributed by atoms with Crippen LogP contribution in [0.5, 0.6) is 0 Å². The van der Waals surface area contributed by atoms with Crippen molar-refractivity contribution < 1.29 is 14.6 Å². The van der Waals surface area contributed by atoms with E-state index in [1.54, 1.807) is 24.5 Å². The Morgan fingerprint density at radius 3 is 2.85 bits per heavy atom. The molecule has 20 heavy (non-hydrogen) atoms. The van der Waals surface area contributed by atoms with Crippen LogP contribution in [0.2, 0.25) is 0 Å². The Bertz CT molecular complexity index is 440. The number of carboxylic acid groups (broad SMARTS) is 1. The summed E-state index contributed by atoms with van der Waals surface area (Å²) in [5, 5.41) is 8.62. The second-order valence-electron chi connectivity index (χ2n) is 5.10. The summed E-state index contributed by atoms with van der Waals surface area (Å²) in [4.78, 5) is 15.1. The largest absolute Gasteiger partial charge is 0.478 e. The van der Waals surface area contributed by atoms with E-state index in [0.717, 1.165) is 31.1 Å². The van der Waals surface area contributed by atoms with E-state index in [1.165, 1.54) is 11.0 Å². The number of aliphatic carboxylic acids is 1. The lowest BCUT2D eigenvalue weighted by molar-refractivity contribution is -0.131. The molecule has 5 heteroatoms. The third kappa shape index (κ3) is 6.84. The molecule has 0 aromatic carbocycles. The zero-order chi connectivity index (χ0) is 15.0. The molecule has 0 saturated carbocycles. The van der Waals surface area contributed by atoms with Gasteiger partial charge in [-0.15, -0.1) is 11.3 Å². The van der Waals surface area contributed by atoms with E-state index in [2.05, 4.69) is 24.8 Å². The van der Waals surface area contributed by atoms with Gasteiger partial charge in [0.25, 0.3) is 0 Å². The average Bonchev–Trinajstić information content (AvgIpc) is 2.80. The molecule has 4 nitrogen and oxygen atoms in total. The van der Waals surface area contributed by atoms with Gasteiger partial charge in [-0.05, 0) is 24.1 Å². The molecule has 1 N–H and O–H groups in total. The Kier molecular flexibility index (Phi) is 7.51. The molecule has 1 aromatic rings. The summed E-state index contributed by atoms with van der Waals surface area (Å²) >= 11 is 1.63. The van der Waals surface area contributed by atoms with Crippen LogP contribution in [0.3, 0.4) is 0 Å². The topological polar surface area (TPSA) is 49.8 Å². The average molecular weight is 297 g/mol. The van der Waals surface area contributed by atoms with Gasteiger partial charge in [-0.3, -0.25) is 4.90 Å². The van der Waals surface area contributed by atoms with Crippen molar-refractivity contribution in [1.82, 2.24) is 4.90 Å². The van der Waals surface area contributed by atoms with Crippen molar-refractivity contribution in [2.24, 2.45) is 5.92 Å². The molecule has 0 fully saturated rings. The van der Waals surface area contributed by atoms with Crippen LogP contribution in [0.4, 0.5) is 0 Å². The summed E-state index contributed by atoms with van der Waals surface area (Å²) in [6.45, 7) is 7.95. The highest BCUT2D eigenvalue weighted by molar-refractivity contribution is 7.12. The number of hydrogen-bond donors (Lipinski definition) is 1. The van der Waals surface area contributed by atoms with Crippen LogP contribution < -0.4 is 0 Å². The minimum absolute atomic E-state index is 0.609. The number of rotatable bonds is 9. The molecule has 0 atom stereocenters. The van der Waals surface area contributed by atoms with Crippen LogP contribution in [-0.2, 0) is 16.1 Å². The van der Waals surface area contributed by atoms with Crippen LogP contribution in [0.1, 0.15) is 23.6 Å². The Morgan fingerprint density at radius 2 is 2.25 bits per heavy atom. The third-order valence-electron chi connectivity index (χ3n) is 2.69. The van der Waals surface area contributed by atoms with Gasteiger partial charge in [0.1, 0.15) is 0 Å². The van der Waals surface area contributed by atoms with Crippen LogP contribution >= 0.6 is 11.3 Å². The summed E-state index contributed by atoms with van der Waals surface area (Å²) in [5.41, 5.74) is 0. The monoisotopic (exact) mass is 297 g/mol. The number of thiophene rings is 1. The van der Waals surface area contributed by atoms with E-state index in [0.29, 0.717) is 5.92 Å². The van der Waals surface area contributed by atoms with Gasteiger partial charge in [0, 0.05) is 42.6 Å². The lowest BCUT2D eigenvalue weighted by Gasteiger charge is -2.23. The van der Waals surface area contributed by atoms with Gasteiger partial charge in [0.15, 0.2) is 0 Å². The second-order valence-corrected chi connectivity index (χ2v) is 6.30. The SMILES string of the molecule is COCCN(Cc1ccc(C=CC(=O)O)s1)CC(C)C. The Balaban J connectivity index is 2.61. The van der Waals surface area contributed by atoms with Gasteiger partial charge >= 0.3 is 5.97 Å². The minimum Gasteiger partial charge on any atom is -0.478 e. The molecular formula is C15H23NO3S. The molecule has 0 amide bonds. The van der Waals surface area contributed by atoms with E-state index in [9.17, 15) is 4.79 Å². The molecule has 0 unspecified atom stereocenters. The van der Waals surface area contributed by atoms with Crippen molar-refractivity contribution in [1.29, 1.82) is 0 Å². The fourth-order valence-electron chi connectivity index (χ4n) is 1.91. The first-order chi connectivity index (χ1) is 9.51. The van der Waals surface area contributed by atoms with Gasteiger partial charge in [0.2, 0.25) is 0 Å². The lowest BCUT2D eigenvalue weighted by Crippen LogP contribution is -2.30. The molecule has 112 valence electrons. The predicted molar refractivity (Wildman–Crippen MR) is 83.0 cm³/mol. The normalized spacial score (nSPS) is 11.8. The molecule has 1 heterocycles. The lowest BCUT2D eigenvalue weighted by atomic mass is 10.2. The summed E-state index contributed by atoms with van der Waals surface area (Å²) in [5.74, 6) is -0.306. The molecule has 1 aromatic heterocycles. The number of nitrogens with zero attached hydrogens (tertiary/aromatic N) is 1. The van der Waals surface area contributed by atoms with Crippen LogP contribution in [-0.4, -0.2) is 42.8 Å². The maximum Gasteiger partial charge on any atom is 0.328 e. The summed E-state index contributed by atoms with van der Waals surface area (Å²) in [6, 6.07) is 4.02. The minimum atomic E-state index is -0.915. The summed E-state index contributed by atoms with van der Waals surface area (Å²) in [6.07, 6.45) is 2.81. The zero-order valence-corrected chi connectivity index (χ0v) is 13.2. The Labute approximate surface area is 124 Å². The van der Waals surface area contributed by atoms with Crippen molar-refractivity contribution >= 4 is 23.4 Å². The van der Waals surface area contributed by atoms with Gasteiger partial charge < -0.3 is 9.84 Å². The van der Waals surface area contributed by atoms with E-state index < -0.39 is 5.97 Å². The predicted octanol–water partition coefficient (Wildman–Crippen LogP) is 2.95. The highest BCUT2D eigenvalue weighted by Crippen LogP contribution is 2.20. The first kappa shape index (κ1) is 16.9. The quantitative estimate of drug-likeness (QED) is 0.712. The molecule has 0 bridgehead atoms. The van der Waals surface area contributed by atoms with Crippen molar-refractivity contribution in [2.45, 2.75) is 20.4 Å². The highest BCUT2D eigenvalue weighted by Gasteiger charge is 2.09.